The normalized spacial score (nSPS) is 26.8. The minimum Gasteiger partial charge on any atom is -0.393 e. The summed E-state index contributed by atoms with van der Waals surface area (Å²) in [5.74, 6) is 0. The van der Waals surface area contributed by atoms with Gasteiger partial charge in [0.2, 0.25) is 0 Å². The minimum atomic E-state index is -0.0929. The van der Waals surface area contributed by atoms with Gasteiger partial charge in [-0.15, -0.1) is 0 Å². The fourth-order valence-electron chi connectivity index (χ4n) is 2.28. The van der Waals surface area contributed by atoms with Crippen LogP contribution in [0.4, 0.5) is 0 Å². The first-order valence-corrected chi connectivity index (χ1v) is 5.77. The molecule has 2 unspecified atom stereocenters. The quantitative estimate of drug-likeness (QED) is 0.788. The van der Waals surface area contributed by atoms with Crippen LogP contribution in [-0.2, 0) is 13.6 Å². The van der Waals surface area contributed by atoms with E-state index in [2.05, 4.69) is 35.3 Å². The number of aliphatic hydroxyl groups excluding tert-OH is 1. The zero-order valence-electron chi connectivity index (χ0n) is 9.32. The molecule has 3 nitrogen and oxygen atoms in total. The molecule has 3 heteroatoms. The van der Waals surface area contributed by atoms with E-state index < -0.39 is 0 Å². The van der Waals surface area contributed by atoms with Crippen molar-refractivity contribution < 1.29 is 5.11 Å². The summed E-state index contributed by atoms with van der Waals surface area (Å²) in [5.41, 5.74) is 1.30. The minimum absolute atomic E-state index is 0.0929. The van der Waals surface area contributed by atoms with Crippen LogP contribution in [0.25, 0.3) is 0 Å². The topological polar surface area (TPSA) is 37.2 Å². The van der Waals surface area contributed by atoms with E-state index in [0.29, 0.717) is 6.04 Å². The summed E-state index contributed by atoms with van der Waals surface area (Å²) in [6.45, 7) is 0.904. The molecule has 0 amide bonds. The number of rotatable bonds is 3. The van der Waals surface area contributed by atoms with Crippen molar-refractivity contribution in [3.63, 3.8) is 0 Å². The first-order chi connectivity index (χ1) is 7.25. The number of hydrogen-bond donors (Lipinski definition) is 2. The third kappa shape index (κ3) is 2.83. The van der Waals surface area contributed by atoms with Gasteiger partial charge in [0.15, 0.2) is 0 Å². The van der Waals surface area contributed by atoms with E-state index in [-0.39, 0.29) is 6.10 Å². The molecule has 2 rings (SSSR count). The molecule has 0 bridgehead atoms. The molecule has 15 heavy (non-hydrogen) atoms. The van der Waals surface area contributed by atoms with Gasteiger partial charge in [0, 0.05) is 31.5 Å². The van der Waals surface area contributed by atoms with Crippen molar-refractivity contribution in [3.8, 4) is 0 Å². The van der Waals surface area contributed by atoms with Crippen LogP contribution in [0.5, 0.6) is 0 Å². The molecule has 1 aliphatic carbocycles. The third-order valence-corrected chi connectivity index (χ3v) is 3.27. The van der Waals surface area contributed by atoms with Gasteiger partial charge < -0.3 is 15.0 Å². The molecule has 0 saturated heterocycles. The maximum absolute atomic E-state index is 9.55. The van der Waals surface area contributed by atoms with Crippen molar-refractivity contribution in [1.29, 1.82) is 0 Å². The Morgan fingerprint density at radius 3 is 3.07 bits per heavy atom. The molecule has 0 radical (unpaired) electrons. The summed E-state index contributed by atoms with van der Waals surface area (Å²) in [7, 11) is 2.06. The van der Waals surface area contributed by atoms with E-state index in [1.165, 1.54) is 12.1 Å². The number of aryl methyl sites for hydroxylation is 1. The molecular formula is C12H20N2O. The fraction of sp³-hybridized carbons (Fsp3) is 0.667. The maximum Gasteiger partial charge on any atom is 0.0555 e. The lowest BCUT2D eigenvalue weighted by atomic mass is 9.93. The van der Waals surface area contributed by atoms with Crippen LogP contribution < -0.4 is 5.32 Å². The summed E-state index contributed by atoms with van der Waals surface area (Å²) < 4.78 is 2.13. The number of nitrogens with zero attached hydrogens (tertiary/aromatic N) is 1. The predicted molar refractivity (Wildman–Crippen MR) is 60.5 cm³/mol. The number of hydrogen-bond acceptors (Lipinski definition) is 2. The van der Waals surface area contributed by atoms with Crippen molar-refractivity contribution in [2.24, 2.45) is 7.05 Å². The Balaban J connectivity index is 1.80. The van der Waals surface area contributed by atoms with Crippen LogP contribution >= 0.6 is 0 Å². The van der Waals surface area contributed by atoms with Crippen LogP contribution in [-0.4, -0.2) is 21.8 Å². The van der Waals surface area contributed by atoms with Gasteiger partial charge in [0.1, 0.15) is 0 Å². The van der Waals surface area contributed by atoms with Crippen molar-refractivity contribution >= 4 is 0 Å². The van der Waals surface area contributed by atoms with E-state index in [1.54, 1.807) is 0 Å². The molecule has 2 N–H and O–H groups in total. The van der Waals surface area contributed by atoms with Gasteiger partial charge in [0.25, 0.3) is 0 Å². The second kappa shape index (κ2) is 4.81. The molecule has 1 heterocycles. The smallest absolute Gasteiger partial charge is 0.0555 e. The van der Waals surface area contributed by atoms with E-state index in [9.17, 15) is 5.11 Å². The second-order valence-electron chi connectivity index (χ2n) is 4.51. The van der Waals surface area contributed by atoms with E-state index in [4.69, 9.17) is 0 Å². The SMILES string of the molecule is Cn1cccc1CNC1CCCC(O)C1. The third-order valence-electron chi connectivity index (χ3n) is 3.27. The van der Waals surface area contributed by atoms with Crippen LogP contribution in [0.2, 0.25) is 0 Å². The second-order valence-corrected chi connectivity index (χ2v) is 4.51. The molecule has 0 spiro atoms. The van der Waals surface area contributed by atoms with E-state index >= 15 is 0 Å². The lowest BCUT2D eigenvalue weighted by molar-refractivity contribution is 0.111. The average molecular weight is 208 g/mol. The average Bonchev–Trinajstić information content (AvgIpc) is 2.61. The van der Waals surface area contributed by atoms with Crippen molar-refractivity contribution in [2.75, 3.05) is 0 Å². The molecule has 1 aromatic heterocycles. The maximum atomic E-state index is 9.55. The lowest BCUT2D eigenvalue weighted by Crippen LogP contribution is -2.35. The summed E-state index contributed by atoms with van der Waals surface area (Å²) in [6.07, 6.45) is 6.19. The molecule has 84 valence electrons. The fourth-order valence-corrected chi connectivity index (χ4v) is 2.28. The molecule has 1 fully saturated rings. The highest BCUT2D eigenvalue weighted by atomic mass is 16.3. The molecule has 1 saturated carbocycles. The molecular weight excluding hydrogens is 188 g/mol. The highest BCUT2D eigenvalue weighted by Crippen LogP contribution is 2.18. The summed E-state index contributed by atoms with van der Waals surface area (Å²) >= 11 is 0. The van der Waals surface area contributed by atoms with Gasteiger partial charge >= 0.3 is 0 Å². The molecule has 1 aromatic rings. The Labute approximate surface area is 91.1 Å². The van der Waals surface area contributed by atoms with E-state index in [0.717, 1.165) is 25.8 Å². The van der Waals surface area contributed by atoms with Gasteiger partial charge in [-0.2, -0.15) is 0 Å². The van der Waals surface area contributed by atoms with Gasteiger partial charge in [-0.05, 0) is 37.8 Å². The summed E-state index contributed by atoms with van der Waals surface area (Å²) in [4.78, 5) is 0. The number of aromatic nitrogens is 1. The van der Waals surface area contributed by atoms with Crippen molar-refractivity contribution in [3.05, 3.63) is 24.0 Å². The lowest BCUT2D eigenvalue weighted by Gasteiger charge is -2.26. The number of aliphatic hydroxyl groups is 1. The molecule has 2 atom stereocenters. The van der Waals surface area contributed by atoms with Crippen molar-refractivity contribution in [2.45, 2.75) is 44.4 Å². The molecule has 0 aliphatic heterocycles. The molecule has 1 aliphatic rings. The van der Waals surface area contributed by atoms with Crippen LogP contribution in [0.15, 0.2) is 18.3 Å². The Morgan fingerprint density at radius 2 is 2.40 bits per heavy atom. The first kappa shape index (κ1) is 10.7. The first-order valence-electron chi connectivity index (χ1n) is 5.77. The summed E-state index contributed by atoms with van der Waals surface area (Å²) in [6, 6.07) is 4.68. The van der Waals surface area contributed by atoms with Gasteiger partial charge in [-0.1, -0.05) is 0 Å². The van der Waals surface area contributed by atoms with Crippen LogP contribution in [0, 0.1) is 0 Å². The Bertz CT molecular complexity index is 308. The van der Waals surface area contributed by atoms with Crippen LogP contribution in [0.3, 0.4) is 0 Å². The van der Waals surface area contributed by atoms with Gasteiger partial charge in [0.05, 0.1) is 6.10 Å². The zero-order chi connectivity index (χ0) is 10.7. The van der Waals surface area contributed by atoms with Crippen LogP contribution in [0.1, 0.15) is 31.4 Å². The van der Waals surface area contributed by atoms with E-state index in [1.807, 2.05) is 0 Å². The highest BCUT2D eigenvalue weighted by molar-refractivity contribution is 5.06. The van der Waals surface area contributed by atoms with Gasteiger partial charge in [-0.3, -0.25) is 0 Å². The van der Waals surface area contributed by atoms with Gasteiger partial charge in [-0.25, -0.2) is 0 Å². The number of nitrogens with one attached hydrogen (secondary N) is 1. The Kier molecular flexibility index (Phi) is 3.44. The Hall–Kier alpha value is -0.800. The standard InChI is InChI=1S/C12H20N2O/c1-14-7-3-5-11(14)9-13-10-4-2-6-12(15)8-10/h3,5,7,10,12-13,15H,2,4,6,8-9H2,1H3. The molecule has 0 aromatic carbocycles. The Morgan fingerprint density at radius 1 is 1.53 bits per heavy atom. The largest absolute Gasteiger partial charge is 0.393 e. The highest BCUT2D eigenvalue weighted by Gasteiger charge is 2.19. The summed E-state index contributed by atoms with van der Waals surface area (Å²) in [5, 5.41) is 13.1. The zero-order valence-corrected chi connectivity index (χ0v) is 9.32. The monoisotopic (exact) mass is 208 g/mol. The predicted octanol–water partition coefficient (Wildman–Crippen LogP) is 1.42. The van der Waals surface area contributed by atoms with Crippen molar-refractivity contribution in [1.82, 2.24) is 9.88 Å².